The molecular weight excluding hydrogens is 300 g/mol. The van der Waals surface area contributed by atoms with Gasteiger partial charge in [-0.1, -0.05) is 60.7 Å². The van der Waals surface area contributed by atoms with E-state index in [2.05, 4.69) is 4.98 Å². The normalized spacial score (nSPS) is 11.9. The van der Waals surface area contributed by atoms with Gasteiger partial charge in [-0.25, -0.2) is 4.98 Å². The average Bonchev–Trinajstić information content (AvgIpc) is 3.06. The van der Waals surface area contributed by atoms with Crippen LogP contribution >= 0.6 is 0 Å². The molecule has 4 nitrogen and oxygen atoms in total. The highest BCUT2D eigenvalue weighted by Gasteiger charge is 2.26. The molecular formula is C20H18N2O2. The van der Waals surface area contributed by atoms with Crippen LogP contribution in [0.15, 0.2) is 73.1 Å². The van der Waals surface area contributed by atoms with Crippen LogP contribution in [0.2, 0.25) is 0 Å². The molecule has 0 saturated heterocycles. The first-order valence-corrected chi connectivity index (χ1v) is 7.81. The second-order valence-corrected chi connectivity index (χ2v) is 5.68. The molecule has 0 saturated carbocycles. The molecule has 0 bridgehead atoms. The summed E-state index contributed by atoms with van der Waals surface area (Å²) in [5.41, 5.74) is 1.45. The Hall–Kier alpha value is -3.01. The summed E-state index contributed by atoms with van der Waals surface area (Å²) in [5, 5.41) is 0. The van der Waals surface area contributed by atoms with E-state index in [1.54, 1.807) is 36.1 Å². The molecule has 3 rings (SSSR count). The molecule has 1 unspecified atom stereocenters. The van der Waals surface area contributed by atoms with Crippen LogP contribution in [0, 0.1) is 0 Å². The van der Waals surface area contributed by atoms with E-state index in [1.807, 2.05) is 48.5 Å². The summed E-state index contributed by atoms with van der Waals surface area (Å²) in [6.45, 7) is 0. The Balaban J connectivity index is 1.93. The van der Waals surface area contributed by atoms with E-state index in [4.69, 9.17) is 0 Å². The standard InChI is InChI=1S/C20H18N2O2/c1-22-13-12-21-20(22)18(23)14-17(15-8-4-2-5-9-15)19(24)16-10-6-3-7-11-16/h2-13,17H,14H2,1H3. The van der Waals surface area contributed by atoms with Crippen LogP contribution in [0.5, 0.6) is 0 Å². The number of aromatic nitrogens is 2. The third-order valence-corrected chi connectivity index (χ3v) is 4.04. The van der Waals surface area contributed by atoms with Gasteiger partial charge in [-0.3, -0.25) is 9.59 Å². The molecule has 0 radical (unpaired) electrons. The van der Waals surface area contributed by atoms with Gasteiger partial charge in [0.25, 0.3) is 0 Å². The first-order chi connectivity index (χ1) is 11.7. The van der Waals surface area contributed by atoms with Crippen LogP contribution < -0.4 is 0 Å². The molecule has 0 fully saturated rings. The maximum absolute atomic E-state index is 13.0. The molecule has 0 aliphatic heterocycles. The van der Waals surface area contributed by atoms with Crippen molar-refractivity contribution in [3.63, 3.8) is 0 Å². The highest BCUT2D eigenvalue weighted by atomic mass is 16.1. The molecule has 3 aromatic rings. The Morgan fingerprint density at radius 3 is 2.21 bits per heavy atom. The molecule has 120 valence electrons. The molecule has 0 aliphatic carbocycles. The number of benzene rings is 2. The lowest BCUT2D eigenvalue weighted by molar-refractivity contribution is 0.0887. The fourth-order valence-corrected chi connectivity index (χ4v) is 2.76. The monoisotopic (exact) mass is 318 g/mol. The number of imidazole rings is 1. The Morgan fingerprint density at radius 2 is 1.62 bits per heavy atom. The van der Waals surface area contributed by atoms with Crippen LogP contribution in [-0.4, -0.2) is 21.1 Å². The second kappa shape index (κ2) is 7.04. The number of Topliss-reactive ketones (excluding diaryl/α,β-unsaturated/α-hetero) is 2. The van der Waals surface area contributed by atoms with E-state index in [0.717, 1.165) is 5.56 Å². The Labute approximate surface area is 140 Å². The highest BCUT2D eigenvalue weighted by molar-refractivity contribution is 6.05. The molecule has 24 heavy (non-hydrogen) atoms. The number of nitrogens with zero attached hydrogens (tertiary/aromatic N) is 2. The molecule has 0 amide bonds. The first kappa shape index (κ1) is 15.9. The summed E-state index contributed by atoms with van der Waals surface area (Å²) in [6, 6.07) is 18.5. The summed E-state index contributed by atoms with van der Waals surface area (Å²) >= 11 is 0. The summed E-state index contributed by atoms with van der Waals surface area (Å²) in [5.74, 6) is -0.334. The predicted octanol–water partition coefficient (Wildman–Crippen LogP) is 3.66. The van der Waals surface area contributed by atoms with Gasteiger partial charge in [-0.05, 0) is 5.56 Å². The number of hydrogen-bond acceptors (Lipinski definition) is 3. The minimum atomic E-state index is -0.516. The van der Waals surface area contributed by atoms with Crippen LogP contribution in [-0.2, 0) is 7.05 Å². The van der Waals surface area contributed by atoms with Crippen molar-refractivity contribution < 1.29 is 9.59 Å². The van der Waals surface area contributed by atoms with Crippen LogP contribution in [0.25, 0.3) is 0 Å². The molecule has 4 heteroatoms. The number of ketones is 2. The lowest BCUT2D eigenvalue weighted by Crippen LogP contribution is -2.19. The maximum Gasteiger partial charge on any atom is 0.199 e. The number of carbonyl (C=O) groups is 2. The van der Waals surface area contributed by atoms with E-state index in [1.165, 1.54) is 0 Å². The average molecular weight is 318 g/mol. The van der Waals surface area contributed by atoms with Gasteiger partial charge in [-0.15, -0.1) is 0 Å². The van der Waals surface area contributed by atoms with Gasteiger partial charge in [-0.2, -0.15) is 0 Å². The van der Waals surface area contributed by atoms with Crippen LogP contribution in [0.4, 0.5) is 0 Å². The molecule has 1 heterocycles. The molecule has 2 aromatic carbocycles. The molecule has 1 atom stereocenters. The van der Waals surface area contributed by atoms with Gasteiger partial charge in [0, 0.05) is 31.4 Å². The van der Waals surface area contributed by atoms with Gasteiger partial charge < -0.3 is 4.57 Å². The van der Waals surface area contributed by atoms with Crippen LogP contribution in [0.1, 0.15) is 38.9 Å². The van der Waals surface area contributed by atoms with Gasteiger partial charge >= 0.3 is 0 Å². The molecule has 1 aromatic heterocycles. The third-order valence-electron chi connectivity index (χ3n) is 4.04. The zero-order valence-corrected chi connectivity index (χ0v) is 13.4. The fourth-order valence-electron chi connectivity index (χ4n) is 2.76. The minimum Gasteiger partial charge on any atom is -0.332 e. The number of aryl methyl sites for hydroxylation is 1. The van der Waals surface area contributed by atoms with E-state index in [0.29, 0.717) is 11.4 Å². The zero-order chi connectivity index (χ0) is 16.9. The second-order valence-electron chi connectivity index (χ2n) is 5.68. The van der Waals surface area contributed by atoms with Crippen molar-refractivity contribution in [1.82, 2.24) is 9.55 Å². The first-order valence-electron chi connectivity index (χ1n) is 7.81. The maximum atomic E-state index is 13.0. The Kier molecular flexibility index (Phi) is 4.66. The van der Waals surface area contributed by atoms with Gasteiger partial charge in [0.15, 0.2) is 17.4 Å². The lowest BCUT2D eigenvalue weighted by atomic mass is 9.86. The minimum absolute atomic E-state index is 0.0515. The predicted molar refractivity (Wildman–Crippen MR) is 92.1 cm³/mol. The lowest BCUT2D eigenvalue weighted by Gasteiger charge is -2.16. The Bertz CT molecular complexity index is 838. The molecule has 0 spiro atoms. The van der Waals surface area contributed by atoms with Crippen molar-refractivity contribution in [3.8, 4) is 0 Å². The third kappa shape index (κ3) is 3.33. The quantitative estimate of drug-likeness (QED) is 0.652. The smallest absolute Gasteiger partial charge is 0.199 e. The van der Waals surface area contributed by atoms with E-state index in [-0.39, 0.29) is 18.0 Å². The van der Waals surface area contributed by atoms with Gasteiger partial charge in [0.2, 0.25) is 0 Å². The summed E-state index contributed by atoms with van der Waals surface area (Å²) in [6.07, 6.45) is 3.41. The topological polar surface area (TPSA) is 52.0 Å². The fraction of sp³-hybridized carbons (Fsp3) is 0.150. The summed E-state index contributed by atoms with van der Waals surface area (Å²) < 4.78 is 1.68. The van der Waals surface area contributed by atoms with E-state index < -0.39 is 5.92 Å². The van der Waals surface area contributed by atoms with Crippen molar-refractivity contribution in [2.45, 2.75) is 12.3 Å². The largest absolute Gasteiger partial charge is 0.332 e. The van der Waals surface area contributed by atoms with Gasteiger partial charge in [0.05, 0.1) is 5.92 Å². The van der Waals surface area contributed by atoms with E-state index in [9.17, 15) is 9.59 Å². The highest BCUT2D eigenvalue weighted by Crippen LogP contribution is 2.26. The zero-order valence-electron chi connectivity index (χ0n) is 13.4. The van der Waals surface area contributed by atoms with Gasteiger partial charge in [0.1, 0.15) is 0 Å². The number of hydrogen-bond donors (Lipinski definition) is 0. The Morgan fingerprint density at radius 1 is 1.00 bits per heavy atom. The van der Waals surface area contributed by atoms with Crippen LogP contribution in [0.3, 0.4) is 0 Å². The molecule has 0 aliphatic rings. The molecule has 0 N–H and O–H groups in total. The summed E-state index contributed by atoms with van der Waals surface area (Å²) in [4.78, 5) is 29.7. The number of rotatable bonds is 6. The number of carbonyl (C=O) groups excluding carboxylic acids is 2. The van der Waals surface area contributed by atoms with Crippen molar-refractivity contribution in [2.75, 3.05) is 0 Å². The van der Waals surface area contributed by atoms with Crippen molar-refractivity contribution in [1.29, 1.82) is 0 Å². The van der Waals surface area contributed by atoms with E-state index >= 15 is 0 Å². The van der Waals surface area contributed by atoms with Crippen molar-refractivity contribution in [3.05, 3.63) is 90.0 Å². The van der Waals surface area contributed by atoms with Crippen molar-refractivity contribution >= 4 is 11.6 Å². The SMILES string of the molecule is Cn1ccnc1C(=O)CC(C(=O)c1ccccc1)c1ccccc1. The summed E-state index contributed by atoms with van der Waals surface area (Å²) in [7, 11) is 1.77. The van der Waals surface area contributed by atoms with Crippen molar-refractivity contribution in [2.24, 2.45) is 7.05 Å².